The van der Waals surface area contributed by atoms with Crippen LogP contribution in [-0.4, -0.2) is 72.8 Å². The minimum absolute atomic E-state index is 0.162. The van der Waals surface area contributed by atoms with Crippen molar-refractivity contribution in [1.82, 2.24) is 14.2 Å². The lowest BCUT2D eigenvalue weighted by atomic mass is 9.94. The number of thiazole rings is 1. The van der Waals surface area contributed by atoms with Gasteiger partial charge in [0.15, 0.2) is 17.1 Å². The van der Waals surface area contributed by atoms with E-state index in [1.807, 2.05) is 10.3 Å². The summed E-state index contributed by atoms with van der Waals surface area (Å²) in [5.41, 5.74) is 1.62. The fraction of sp³-hybridized carbons (Fsp3) is 0.400. The molecule has 12 heteroatoms. The molecule has 2 aromatic rings. The van der Waals surface area contributed by atoms with E-state index in [0.717, 1.165) is 6.26 Å². The normalized spacial score (nSPS) is 22.3. The first-order chi connectivity index (χ1) is 15.1. The summed E-state index contributed by atoms with van der Waals surface area (Å²) in [6, 6.07) is 2.86. The molecule has 0 radical (unpaired) electrons. The maximum absolute atomic E-state index is 13.7. The van der Waals surface area contributed by atoms with E-state index in [4.69, 9.17) is 21.3 Å². The van der Waals surface area contributed by atoms with Crippen molar-refractivity contribution in [1.29, 1.82) is 0 Å². The second-order valence-electron chi connectivity index (χ2n) is 7.60. The van der Waals surface area contributed by atoms with Gasteiger partial charge in [0.2, 0.25) is 10.0 Å². The van der Waals surface area contributed by atoms with Crippen LogP contribution in [-0.2, 0) is 14.8 Å². The Bertz CT molecular complexity index is 1190. The number of methoxy groups -OCH3 is 1. The highest BCUT2D eigenvalue weighted by atomic mass is 35.5. The highest BCUT2D eigenvalue weighted by molar-refractivity contribution is 7.88. The van der Waals surface area contributed by atoms with Gasteiger partial charge >= 0.3 is 0 Å². The molecule has 4 rings (SSSR count). The molecule has 1 fully saturated rings. The minimum Gasteiger partial charge on any atom is -0.364 e. The molecule has 0 bridgehead atoms. The van der Waals surface area contributed by atoms with Crippen LogP contribution in [0.1, 0.15) is 23.0 Å². The largest absolute Gasteiger partial charge is 0.364 e. The average molecular weight is 501 g/mol. The van der Waals surface area contributed by atoms with E-state index in [2.05, 4.69) is 4.98 Å². The summed E-state index contributed by atoms with van der Waals surface area (Å²) >= 11 is 7.75. The molecular formula is C20H22ClFN4O4S2. The van der Waals surface area contributed by atoms with Crippen molar-refractivity contribution in [3.05, 3.63) is 62.5 Å². The van der Waals surface area contributed by atoms with Crippen LogP contribution >= 0.6 is 22.9 Å². The lowest BCUT2D eigenvalue weighted by molar-refractivity contribution is -0.0500. The van der Waals surface area contributed by atoms with Crippen molar-refractivity contribution < 1.29 is 22.7 Å². The molecule has 1 aromatic heterocycles. The van der Waals surface area contributed by atoms with Gasteiger partial charge in [-0.25, -0.2) is 17.8 Å². The Balaban J connectivity index is 1.90. The Labute approximate surface area is 194 Å². The molecule has 8 nitrogen and oxygen atoms in total. The number of hydrogen-bond donors (Lipinski definition) is 1. The fourth-order valence-corrected chi connectivity index (χ4v) is 5.60. The predicted molar refractivity (Wildman–Crippen MR) is 121 cm³/mol. The van der Waals surface area contributed by atoms with E-state index in [1.165, 1.54) is 48.0 Å². The number of halogens is 2. The van der Waals surface area contributed by atoms with Crippen molar-refractivity contribution >= 4 is 38.8 Å². The highest BCUT2D eigenvalue weighted by Crippen LogP contribution is 2.44. The molecule has 0 aliphatic carbocycles. The number of ether oxygens (including phenoxy) is 1. The summed E-state index contributed by atoms with van der Waals surface area (Å²) in [6.45, 7) is 0.334. The summed E-state index contributed by atoms with van der Waals surface area (Å²) < 4.78 is 44.7. The fourth-order valence-electron chi connectivity index (χ4n) is 4.01. The van der Waals surface area contributed by atoms with Gasteiger partial charge in [0.05, 0.1) is 6.26 Å². The summed E-state index contributed by atoms with van der Waals surface area (Å²) in [4.78, 5) is 11.1. The zero-order valence-electron chi connectivity index (χ0n) is 17.6. The number of benzene rings is 1. The molecule has 2 aliphatic heterocycles. The molecule has 0 amide bonds. The third-order valence-electron chi connectivity index (χ3n) is 5.69. The monoisotopic (exact) mass is 500 g/mol. The van der Waals surface area contributed by atoms with Crippen LogP contribution in [0.5, 0.6) is 0 Å². The number of aliphatic hydroxyl groups is 1. The molecule has 3 atom stereocenters. The maximum Gasteiger partial charge on any atom is 0.211 e. The molecule has 0 saturated carbocycles. The van der Waals surface area contributed by atoms with Crippen LogP contribution in [0.4, 0.5) is 4.39 Å². The Morgan fingerprint density at radius 2 is 2.19 bits per heavy atom. The average Bonchev–Trinajstić information content (AvgIpc) is 3.41. The van der Waals surface area contributed by atoms with Gasteiger partial charge in [-0.05, 0) is 17.7 Å². The van der Waals surface area contributed by atoms with Crippen molar-refractivity contribution in [3.63, 3.8) is 0 Å². The first-order valence-corrected chi connectivity index (χ1v) is 12.8. The smallest absolute Gasteiger partial charge is 0.211 e. The number of hydrogen-bond acceptors (Lipinski definition) is 8. The van der Waals surface area contributed by atoms with Gasteiger partial charge in [-0.15, -0.1) is 11.3 Å². The summed E-state index contributed by atoms with van der Waals surface area (Å²) in [7, 11) is -0.556. The van der Waals surface area contributed by atoms with E-state index in [-0.39, 0.29) is 11.1 Å². The molecule has 1 saturated heterocycles. The Morgan fingerprint density at radius 3 is 2.78 bits per heavy atom. The number of rotatable bonds is 6. The second-order valence-corrected chi connectivity index (χ2v) is 10.9. The second kappa shape index (κ2) is 8.81. The van der Waals surface area contributed by atoms with Crippen LogP contribution in [0.2, 0.25) is 5.02 Å². The summed E-state index contributed by atoms with van der Waals surface area (Å²) in [5, 5.41) is 13.4. The van der Waals surface area contributed by atoms with Gasteiger partial charge in [-0.1, -0.05) is 17.7 Å². The molecule has 1 unspecified atom stereocenters. The Hall–Kier alpha value is -1.89. The van der Waals surface area contributed by atoms with Gasteiger partial charge in [-0.2, -0.15) is 4.31 Å². The third-order valence-corrected chi connectivity index (χ3v) is 8.13. The lowest BCUT2D eigenvalue weighted by Crippen LogP contribution is -2.40. The van der Waals surface area contributed by atoms with Crippen LogP contribution in [0.25, 0.3) is 0 Å². The van der Waals surface area contributed by atoms with Crippen molar-refractivity contribution in [3.8, 4) is 0 Å². The van der Waals surface area contributed by atoms with E-state index in [1.54, 1.807) is 6.20 Å². The molecule has 32 heavy (non-hydrogen) atoms. The Kier molecular flexibility index (Phi) is 6.40. The van der Waals surface area contributed by atoms with Crippen LogP contribution in [0.3, 0.4) is 0 Å². The third kappa shape index (κ3) is 4.20. The summed E-state index contributed by atoms with van der Waals surface area (Å²) in [6.07, 6.45) is 1.82. The molecule has 2 aliphatic rings. The first kappa shape index (κ1) is 23.3. The first-order valence-electron chi connectivity index (χ1n) is 9.68. The number of fused-ring (bicyclic) bond motifs is 1. The molecule has 0 spiro atoms. The molecule has 1 N–H and O–H groups in total. The van der Waals surface area contributed by atoms with Crippen molar-refractivity contribution in [2.24, 2.45) is 4.99 Å². The van der Waals surface area contributed by atoms with Gasteiger partial charge in [0, 0.05) is 61.0 Å². The van der Waals surface area contributed by atoms with E-state index >= 15 is 0 Å². The van der Waals surface area contributed by atoms with E-state index in [9.17, 15) is 17.9 Å². The molecule has 1 aromatic carbocycles. The molecule has 172 valence electrons. The number of sulfonamides is 1. The number of likely N-dealkylation sites (N-methyl/N-ethyl adjacent to an activating group) is 1. The van der Waals surface area contributed by atoms with Crippen LogP contribution < -0.4 is 0 Å². The quantitative estimate of drug-likeness (QED) is 0.613. The minimum atomic E-state index is -3.45. The van der Waals surface area contributed by atoms with Crippen LogP contribution in [0.15, 0.2) is 46.0 Å². The topological polar surface area (TPSA) is 95.3 Å². The molecule has 3 heterocycles. The highest BCUT2D eigenvalue weighted by Gasteiger charge is 2.44. The van der Waals surface area contributed by atoms with Crippen molar-refractivity contribution in [2.75, 3.05) is 27.0 Å². The number of aliphatic hydroxyl groups excluding tert-OH is 1. The van der Waals surface area contributed by atoms with Gasteiger partial charge < -0.3 is 14.7 Å². The van der Waals surface area contributed by atoms with Gasteiger partial charge in [0.25, 0.3) is 0 Å². The summed E-state index contributed by atoms with van der Waals surface area (Å²) in [5.74, 6) is 0.0503. The van der Waals surface area contributed by atoms with E-state index < -0.39 is 28.2 Å². The zero-order valence-corrected chi connectivity index (χ0v) is 20.0. The van der Waals surface area contributed by atoms with E-state index in [0.29, 0.717) is 40.6 Å². The number of aromatic nitrogens is 1. The van der Waals surface area contributed by atoms with Crippen LogP contribution in [0, 0.1) is 5.82 Å². The Morgan fingerprint density at radius 1 is 1.44 bits per heavy atom. The SMILES string of the molecule is COC(O)C1=C2C[C@H](N(C)S(C)(=O)=O)CN2C(c2nccs2)=N[C@H]1c1ccc(F)cc1Cl. The lowest BCUT2D eigenvalue weighted by Gasteiger charge is -2.34. The van der Waals surface area contributed by atoms with Gasteiger partial charge in [0.1, 0.15) is 11.9 Å². The number of amidine groups is 1. The molecular weight excluding hydrogens is 479 g/mol. The predicted octanol–water partition coefficient (Wildman–Crippen LogP) is 2.62. The number of aliphatic imine (C=N–C) groups is 1. The number of nitrogens with zero attached hydrogens (tertiary/aromatic N) is 4. The maximum atomic E-state index is 13.7. The van der Waals surface area contributed by atoms with Gasteiger partial charge in [-0.3, -0.25) is 4.99 Å². The van der Waals surface area contributed by atoms with Crippen molar-refractivity contribution in [2.45, 2.75) is 24.8 Å². The zero-order chi connectivity index (χ0) is 23.2. The standard InChI is InChI=1S/C20H22ClFN4O4S2/c1-25(32(3,28)29)12-9-15-16(20(27)30-2)17(13-5-4-11(22)8-14(13)21)24-18(26(15)10-12)19-23-6-7-31-19/h4-8,12,17,20,27H,9-10H2,1-3H3/t12-,17-,20?/m0/s1.